The summed E-state index contributed by atoms with van der Waals surface area (Å²) < 4.78 is 0. The number of hydrogen-bond donors (Lipinski definition) is 1. The first-order valence-corrected chi connectivity index (χ1v) is 7.88. The number of hydrogen-bond acceptors (Lipinski definition) is 3. The summed E-state index contributed by atoms with van der Waals surface area (Å²) in [5.41, 5.74) is 0. The number of piperazine rings is 1. The number of rotatable bonds is 7. The molecule has 1 saturated heterocycles. The van der Waals surface area contributed by atoms with Crippen LogP contribution < -0.4 is 5.32 Å². The average Bonchev–Trinajstić information content (AvgIpc) is 3.24. The van der Waals surface area contributed by atoms with Gasteiger partial charge in [-0.1, -0.05) is 13.3 Å². The van der Waals surface area contributed by atoms with Crippen LogP contribution in [0.4, 0.5) is 0 Å². The highest BCUT2D eigenvalue weighted by Crippen LogP contribution is 2.30. The Bertz CT molecular complexity index is 361. The average molecular weight is 318 g/mol. The van der Waals surface area contributed by atoms with E-state index in [1.807, 2.05) is 11.9 Å². The number of halogens is 1. The Kier molecular flexibility index (Phi) is 7.46. The maximum absolute atomic E-state index is 12.4. The normalized spacial score (nSPS) is 21.9. The Morgan fingerprint density at radius 1 is 1.43 bits per heavy atom. The molecule has 0 aromatic carbocycles. The fourth-order valence-corrected chi connectivity index (χ4v) is 2.59. The third-order valence-corrected chi connectivity index (χ3v) is 4.21. The van der Waals surface area contributed by atoms with Gasteiger partial charge in [-0.25, -0.2) is 0 Å². The molecule has 0 spiro atoms. The van der Waals surface area contributed by atoms with Gasteiger partial charge in [0.25, 0.3) is 0 Å². The lowest BCUT2D eigenvalue weighted by Crippen LogP contribution is -2.56. The minimum atomic E-state index is -0.320. The summed E-state index contributed by atoms with van der Waals surface area (Å²) in [6.45, 7) is 5.36. The molecule has 6 heteroatoms. The minimum absolute atomic E-state index is 0. The van der Waals surface area contributed by atoms with E-state index in [-0.39, 0.29) is 30.3 Å². The van der Waals surface area contributed by atoms with Crippen molar-refractivity contribution >= 4 is 24.2 Å². The molecule has 1 aliphatic heterocycles. The molecule has 1 N–H and O–H groups in total. The van der Waals surface area contributed by atoms with E-state index >= 15 is 0 Å². The Morgan fingerprint density at radius 2 is 2.14 bits per heavy atom. The first-order valence-electron chi connectivity index (χ1n) is 7.88. The molecule has 1 atom stereocenters. The molecule has 2 rings (SSSR count). The molecular weight excluding hydrogens is 290 g/mol. The Balaban J connectivity index is 0.00000220. The third-order valence-electron chi connectivity index (χ3n) is 4.21. The molecule has 1 heterocycles. The van der Waals surface area contributed by atoms with Gasteiger partial charge in [0.1, 0.15) is 0 Å². The molecular formula is C15H28ClN3O2. The first-order chi connectivity index (χ1) is 9.61. The van der Waals surface area contributed by atoms with Crippen LogP contribution in [0.2, 0.25) is 0 Å². The predicted molar refractivity (Wildman–Crippen MR) is 85.5 cm³/mol. The van der Waals surface area contributed by atoms with Crippen LogP contribution in [0, 0.1) is 5.92 Å². The second kappa shape index (κ2) is 8.59. The molecule has 21 heavy (non-hydrogen) atoms. The molecule has 1 aliphatic carbocycles. The summed E-state index contributed by atoms with van der Waals surface area (Å²) in [6, 6.07) is -0.320. The van der Waals surface area contributed by atoms with Gasteiger partial charge in [-0.15, -0.1) is 12.4 Å². The van der Waals surface area contributed by atoms with Gasteiger partial charge in [0.2, 0.25) is 11.8 Å². The monoisotopic (exact) mass is 317 g/mol. The Labute approximate surface area is 133 Å². The number of amides is 2. The van der Waals surface area contributed by atoms with Crippen molar-refractivity contribution in [2.75, 3.05) is 33.2 Å². The van der Waals surface area contributed by atoms with Gasteiger partial charge < -0.3 is 15.1 Å². The lowest BCUT2D eigenvalue weighted by molar-refractivity contribution is -0.140. The van der Waals surface area contributed by atoms with E-state index in [0.717, 1.165) is 39.0 Å². The predicted octanol–water partition coefficient (Wildman–Crippen LogP) is 1.27. The highest BCUT2D eigenvalue weighted by Gasteiger charge is 2.34. The summed E-state index contributed by atoms with van der Waals surface area (Å²) in [5.74, 6) is 0.888. The van der Waals surface area contributed by atoms with Crippen LogP contribution in [0.15, 0.2) is 0 Å². The van der Waals surface area contributed by atoms with Crippen LogP contribution in [0.3, 0.4) is 0 Å². The minimum Gasteiger partial charge on any atom is -0.346 e. The molecule has 1 unspecified atom stereocenters. The highest BCUT2D eigenvalue weighted by atomic mass is 35.5. The summed E-state index contributed by atoms with van der Waals surface area (Å²) in [5, 5.41) is 3.20. The Hall–Kier alpha value is -0.810. The fourth-order valence-electron chi connectivity index (χ4n) is 2.59. The van der Waals surface area contributed by atoms with Crippen molar-refractivity contribution in [1.82, 2.24) is 15.1 Å². The molecule has 1 saturated carbocycles. The highest BCUT2D eigenvalue weighted by molar-refractivity contribution is 5.88. The van der Waals surface area contributed by atoms with Gasteiger partial charge >= 0.3 is 0 Å². The lowest BCUT2D eigenvalue weighted by Gasteiger charge is -2.33. The largest absolute Gasteiger partial charge is 0.346 e. The van der Waals surface area contributed by atoms with Crippen molar-refractivity contribution in [2.24, 2.45) is 5.92 Å². The molecule has 0 radical (unpaired) electrons. The standard InChI is InChI=1S/C15H27N3O2.ClH/c1-3-4-8-17(2)14(19)10-13-15(20)18(9-7-16-13)11-12-5-6-12;/h12-13,16H,3-11H2,1-2H3;1H. The molecule has 5 nitrogen and oxygen atoms in total. The van der Waals surface area contributed by atoms with Crippen molar-refractivity contribution in [3.05, 3.63) is 0 Å². The Morgan fingerprint density at radius 3 is 2.76 bits per heavy atom. The van der Waals surface area contributed by atoms with Crippen molar-refractivity contribution in [3.8, 4) is 0 Å². The molecule has 0 aromatic rings. The van der Waals surface area contributed by atoms with Gasteiger partial charge in [-0.3, -0.25) is 9.59 Å². The molecule has 2 fully saturated rings. The summed E-state index contributed by atoms with van der Waals surface area (Å²) in [7, 11) is 1.83. The van der Waals surface area contributed by atoms with E-state index in [0.29, 0.717) is 12.3 Å². The van der Waals surface area contributed by atoms with Crippen molar-refractivity contribution in [3.63, 3.8) is 0 Å². The third kappa shape index (κ3) is 5.47. The molecule has 2 amide bonds. The lowest BCUT2D eigenvalue weighted by atomic mass is 10.1. The van der Waals surface area contributed by atoms with E-state index < -0.39 is 0 Å². The van der Waals surface area contributed by atoms with Gasteiger partial charge in [0.15, 0.2) is 0 Å². The van der Waals surface area contributed by atoms with Crippen LogP contribution in [0.25, 0.3) is 0 Å². The number of nitrogens with one attached hydrogen (secondary N) is 1. The van der Waals surface area contributed by atoms with E-state index in [2.05, 4.69) is 12.2 Å². The van der Waals surface area contributed by atoms with Crippen LogP contribution in [0.1, 0.15) is 39.0 Å². The van der Waals surface area contributed by atoms with Crippen molar-refractivity contribution < 1.29 is 9.59 Å². The van der Waals surface area contributed by atoms with E-state index in [9.17, 15) is 9.59 Å². The van der Waals surface area contributed by atoms with E-state index in [1.54, 1.807) is 4.90 Å². The van der Waals surface area contributed by atoms with Crippen LogP contribution in [0.5, 0.6) is 0 Å². The van der Waals surface area contributed by atoms with Crippen molar-refractivity contribution in [2.45, 2.75) is 45.1 Å². The van der Waals surface area contributed by atoms with Gasteiger partial charge in [0, 0.05) is 33.2 Å². The zero-order valence-electron chi connectivity index (χ0n) is 13.1. The second-order valence-electron chi connectivity index (χ2n) is 6.11. The van der Waals surface area contributed by atoms with Crippen LogP contribution >= 0.6 is 12.4 Å². The van der Waals surface area contributed by atoms with Gasteiger partial charge in [-0.05, 0) is 25.2 Å². The van der Waals surface area contributed by atoms with E-state index in [1.165, 1.54) is 12.8 Å². The SMILES string of the molecule is CCCCN(C)C(=O)CC1NCCN(CC2CC2)C1=O.Cl. The number of carbonyl (C=O) groups excluding carboxylic acids is 2. The number of nitrogens with zero attached hydrogens (tertiary/aromatic N) is 2. The second-order valence-corrected chi connectivity index (χ2v) is 6.11. The van der Waals surface area contributed by atoms with Crippen LogP contribution in [-0.2, 0) is 9.59 Å². The van der Waals surface area contributed by atoms with Gasteiger partial charge in [0.05, 0.1) is 12.5 Å². The maximum atomic E-state index is 12.4. The van der Waals surface area contributed by atoms with Crippen LogP contribution in [-0.4, -0.2) is 60.9 Å². The summed E-state index contributed by atoms with van der Waals surface area (Å²) in [4.78, 5) is 28.2. The molecule has 0 bridgehead atoms. The molecule has 0 aromatic heterocycles. The zero-order valence-corrected chi connectivity index (χ0v) is 14.0. The summed E-state index contributed by atoms with van der Waals surface area (Å²) in [6.07, 6.45) is 4.89. The van der Waals surface area contributed by atoms with Gasteiger partial charge in [-0.2, -0.15) is 0 Å². The molecule has 122 valence electrons. The molecule has 2 aliphatic rings. The quantitative estimate of drug-likeness (QED) is 0.769. The zero-order chi connectivity index (χ0) is 14.5. The smallest absolute Gasteiger partial charge is 0.240 e. The maximum Gasteiger partial charge on any atom is 0.240 e. The number of unbranched alkanes of at least 4 members (excludes halogenated alkanes) is 1. The first kappa shape index (κ1) is 18.2. The van der Waals surface area contributed by atoms with Crippen molar-refractivity contribution in [1.29, 1.82) is 0 Å². The van der Waals surface area contributed by atoms with E-state index in [4.69, 9.17) is 0 Å². The summed E-state index contributed by atoms with van der Waals surface area (Å²) >= 11 is 0. The fraction of sp³-hybridized carbons (Fsp3) is 0.867. The topological polar surface area (TPSA) is 52.7 Å². The number of carbonyl (C=O) groups is 2.